The van der Waals surface area contributed by atoms with E-state index in [1.165, 1.54) is 24.1 Å². The number of nitrogens with two attached hydrogens (primary N) is 1. The van der Waals surface area contributed by atoms with E-state index in [9.17, 15) is 9.59 Å². The summed E-state index contributed by atoms with van der Waals surface area (Å²) in [7, 11) is 2.99. The molecule has 140 valence electrons. The van der Waals surface area contributed by atoms with E-state index >= 15 is 0 Å². The van der Waals surface area contributed by atoms with Crippen molar-refractivity contribution in [2.45, 2.75) is 19.9 Å². The number of primary amides is 1. The number of methoxy groups -OCH3 is 1. The molecule has 0 bridgehead atoms. The van der Waals surface area contributed by atoms with Gasteiger partial charge in [0.25, 0.3) is 11.8 Å². The number of aromatic nitrogens is 2. The Bertz CT molecular complexity index is 808. The number of carbonyl (C=O) groups is 2. The number of nitrogens with zero attached hydrogens (tertiary/aromatic N) is 3. The first-order chi connectivity index (χ1) is 12.3. The first-order valence-corrected chi connectivity index (χ1v) is 8.09. The topological polar surface area (TPSA) is 121 Å². The second-order valence-electron chi connectivity index (χ2n) is 5.36. The summed E-state index contributed by atoms with van der Waals surface area (Å²) in [6, 6.07) is 2.89. The summed E-state index contributed by atoms with van der Waals surface area (Å²) in [5, 5.41) is 3.91. The number of hydrogen-bond acceptors (Lipinski definition) is 7. The van der Waals surface area contributed by atoms with Crippen LogP contribution in [0.2, 0.25) is 5.02 Å². The fourth-order valence-corrected chi connectivity index (χ4v) is 2.38. The van der Waals surface area contributed by atoms with Gasteiger partial charge in [0.15, 0.2) is 23.9 Å². The molecule has 2 aromatic rings. The predicted molar refractivity (Wildman–Crippen MR) is 92.2 cm³/mol. The Hall–Kier alpha value is -2.81. The second-order valence-corrected chi connectivity index (χ2v) is 5.77. The molecule has 0 saturated heterocycles. The van der Waals surface area contributed by atoms with Crippen LogP contribution in [0.15, 0.2) is 16.7 Å². The number of amides is 2. The summed E-state index contributed by atoms with van der Waals surface area (Å²) >= 11 is 6.16. The lowest BCUT2D eigenvalue weighted by molar-refractivity contribution is -0.119. The van der Waals surface area contributed by atoms with Crippen LogP contribution in [0, 0.1) is 0 Å². The number of rotatable bonds is 8. The Balaban J connectivity index is 2.19. The molecule has 9 nitrogen and oxygen atoms in total. The van der Waals surface area contributed by atoms with Crippen LogP contribution in [0.3, 0.4) is 0 Å². The molecule has 2 rings (SSSR count). The fourth-order valence-electron chi connectivity index (χ4n) is 2.12. The summed E-state index contributed by atoms with van der Waals surface area (Å²) < 4.78 is 15.5. The lowest BCUT2D eigenvalue weighted by atomic mass is 10.1. The zero-order valence-electron chi connectivity index (χ0n) is 14.6. The van der Waals surface area contributed by atoms with E-state index in [2.05, 4.69) is 10.1 Å². The lowest BCUT2D eigenvalue weighted by Crippen LogP contribution is -2.26. The number of carbonyl (C=O) groups excluding carboxylic acids is 2. The van der Waals surface area contributed by atoms with Gasteiger partial charge in [0.2, 0.25) is 5.89 Å². The molecule has 0 aliphatic heterocycles. The van der Waals surface area contributed by atoms with Gasteiger partial charge in [0, 0.05) is 19.0 Å². The van der Waals surface area contributed by atoms with Crippen LogP contribution < -0.4 is 15.2 Å². The van der Waals surface area contributed by atoms with Crippen LogP contribution in [-0.4, -0.2) is 47.6 Å². The van der Waals surface area contributed by atoms with E-state index in [-0.39, 0.29) is 41.1 Å². The number of benzene rings is 1. The van der Waals surface area contributed by atoms with E-state index in [0.717, 1.165) is 0 Å². The zero-order valence-corrected chi connectivity index (χ0v) is 15.4. The van der Waals surface area contributed by atoms with Crippen LogP contribution in [0.4, 0.5) is 0 Å². The van der Waals surface area contributed by atoms with Crippen molar-refractivity contribution in [1.82, 2.24) is 15.0 Å². The van der Waals surface area contributed by atoms with Crippen molar-refractivity contribution >= 4 is 23.4 Å². The number of aryl methyl sites for hydroxylation is 1. The molecular formula is C16H19ClN4O5. The van der Waals surface area contributed by atoms with Crippen molar-refractivity contribution in [1.29, 1.82) is 0 Å². The van der Waals surface area contributed by atoms with Gasteiger partial charge in [0.1, 0.15) is 0 Å². The minimum absolute atomic E-state index is 0.119. The molecule has 0 atom stereocenters. The fraction of sp³-hybridized carbons (Fsp3) is 0.375. The van der Waals surface area contributed by atoms with Crippen molar-refractivity contribution in [3.8, 4) is 11.5 Å². The van der Waals surface area contributed by atoms with Gasteiger partial charge >= 0.3 is 0 Å². The third-order valence-electron chi connectivity index (χ3n) is 3.38. The van der Waals surface area contributed by atoms with Crippen LogP contribution in [0.1, 0.15) is 29.0 Å². The minimum atomic E-state index is -0.658. The molecular weight excluding hydrogens is 364 g/mol. The molecule has 0 spiro atoms. The molecule has 1 aromatic carbocycles. The molecule has 0 aliphatic carbocycles. The first kappa shape index (κ1) is 19.5. The Labute approximate surface area is 155 Å². The maximum absolute atomic E-state index is 12.6. The van der Waals surface area contributed by atoms with E-state index in [4.69, 9.17) is 31.3 Å². The van der Waals surface area contributed by atoms with Gasteiger partial charge in [-0.15, -0.1) is 0 Å². The highest BCUT2D eigenvalue weighted by atomic mass is 35.5. The Kier molecular flexibility index (Phi) is 6.40. The molecule has 0 saturated carbocycles. The first-order valence-electron chi connectivity index (χ1n) is 7.71. The molecule has 2 amide bonds. The molecule has 0 aliphatic rings. The normalized spacial score (nSPS) is 10.5. The molecule has 26 heavy (non-hydrogen) atoms. The minimum Gasteiger partial charge on any atom is -0.493 e. The predicted octanol–water partition coefficient (Wildman–Crippen LogP) is 1.43. The van der Waals surface area contributed by atoms with Crippen LogP contribution in [0.5, 0.6) is 11.5 Å². The second kappa shape index (κ2) is 8.52. The molecule has 10 heteroatoms. The monoisotopic (exact) mass is 382 g/mol. The Morgan fingerprint density at radius 1 is 1.38 bits per heavy atom. The highest BCUT2D eigenvalue weighted by Gasteiger charge is 2.20. The van der Waals surface area contributed by atoms with Crippen molar-refractivity contribution in [3.05, 3.63) is 34.4 Å². The maximum Gasteiger partial charge on any atom is 0.255 e. The van der Waals surface area contributed by atoms with Crippen molar-refractivity contribution < 1.29 is 23.6 Å². The highest BCUT2D eigenvalue weighted by molar-refractivity contribution is 6.32. The molecule has 0 fully saturated rings. The quantitative estimate of drug-likeness (QED) is 0.732. The van der Waals surface area contributed by atoms with Gasteiger partial charge in [-0.2, -0.15) is 4.98 Å². The van der Waals surface area contributed by atoms with Crippen molar-refractivity contribution in [2.24, 2.45) is 5.73 Å². The van der Waals surface area contributed by atoms with Gasteiger partial charge in [-0.05, 0) is 12.1 Å². The number of ether oxygens (including phenoxy) is 2. The van der Waals surface area contributed by atoms with Crippen molar-refractivity contribution in [3.63, 3.8) is 0 Å². The number of halogens is 1. The number of hydrogen-bond donors (Lipinski definition) is 1. The Morgan fingerprint density at radius 3 is 2.69 bits per heavy atom. The van der Waals surface area contributed by atoms with Gasteiger partial charge in [-0.1, -0.05) is 23.7 Å². The molecule has 0 unspecified atom stereocenters. The van der Waals surface area contributed by atoms with Crippen LogP contribution in [0.25, 0.3) is 0 Å². The summed E-state index contributed by atoms with van der Waals surface area (Å²) in [6.07, 6.45) is 0.640. The summed E-state index contributed by atoms with van der Waals surface area (Å²) in [4.78, 5) is 29.1. The molecule has 1 aromatic heterocycles. The smallest absolute Gasteiger partial charge is 0.255 e. The Morgan fingerprint density at radius 2 is 2.12 bits per heavy atom. The summed E-state index contributed by atoms with van der Waals surface area (Å²) in [6.45, 7) is 1.69. The van der Waals surface area contributed by atoms with E-state index in [1.54, 1.807) is 7.05 Å². The van der Waals surface area contributed by atoms with Gasteiger partial charge in [-0.3, -0.25) is 9.59 Å². The summed E-state index contributed by atoms with van der Waals surface area (Å²) in [5.41, 5.74) is 5.33. The molecule has 2 N–H and O–H groups in total. The third kappa shape index (κ3) is 4.63. The average molecular weight is 383 g/mol. The largest absolute Gasteiger partial charge is 0.493 e. The molecule has 0 radical (unpaired) electrons. The van der Waals surface area contributed by atoms with E-state index < -0.39 is 5.91 Å². The summed E-state index contributed by atoms with van der Waals surface area (Å²) in [5.74, 6) is 0.258. The van der Waals surface area contributed by atoms with Gasteiger partial charge in [0.05, 0.1) is 18.7 Å². The molecule has 1 heterocycles. The van der Waals surface area contributed by atoms with Crippen molar-refractivity contribution in [2.75, 3.05) is 20.8 Å². The van der Waals surface area contributed by atoms with E-state index in [1.807, 2.05) is 6.92 Å². The van der Waals surface area contributed by atoms with Crippen LogP contribution in [-0.2, 0) is 17.8 Å². The SMILES string of the molecule is CCc1noc(CN(C)C(=O)c2cc(Cl)c(OCC(N)=O)c(OC)c2)n1. The van der Waals surface area contributed by atoms with Crippen LogP contribution >= 0.6 is 11.6 Å². The van der Waals surface area contributed by atoms with Gasteiger partial charge < -0.3 is 24.6 Å². The average Bonchev–Trinajstić information content (AvgIpc) is 3.06. The lowest BCUT2D eigenvalue weighted by Gasteiger charge is -2.17. The maximum atomic E-state index is 12.6. The van der Waals surface area contributed by atoms with E-state index in [0.29, 0.717) is 18.1 Å². The zero-order chi connectivity index (χ0) is 19.3. The third-order valence-corrected chi connectivity index (χ3v) is 3.66. The van der Waals surface area contributed by atoms with Gasteiger partial charge in [-0.25, -0.2) is 0 Å². The highest BCUT2D eigenvalue weighted by Crippen LogP contribution is 2.36. The standard InChI is InChI=1S/C16H19ClN4O5/c1-4-13-19-14(26-20-13)7-21(2)16(23)9-5-10(17)15(11(6-9)24-3)25-8-12(18)22/h5-6H,4,7-8H2,1-3H3,(H2,18,22).